The van der Waals surface area contributed by atoms with E-state index in [4.69, 9.17) is 4.74 Å². The van der Waals surface area contributed by atoms with Crippen molar-refractivity contribution in [3.8, 4) is 5.75 Å². The van der Waals surface area contributed by atoms with Crippen molar-refractivity contribution in [2.45, 2.75) is 59.1 Å². The van der Waals surface area contributed by atoms with Gasteiger partial charge in [0.2, 0.25) is 0 Å². The van der Waals surface area contributed by atoms with Crippen LogP contribution < -0.4 is 10.1 Å². The van der Waals surface area contributed by atoms with Crippen LogP contribution in [0.2, 0.25) is 0 Å². The monoisotopic (exact) mass is 279 g/mol. The minimum absolute atomic E-state index is 0.0528. The van der Waals surface area contributed by atoms with Gasteiger partial charge in [0, 0.05) is 12.0 Å². The summed E-state index contributed by atoms with van der Waals surface area (Å²) in [6.45, 7) is 11.4. The van der Waals surface area contributed by atoms with Crippen LogP contribution in [0.4, 0.5) is 0 Å². The molecule has 2 N–H and O–H groups in total. The third kappa shape index (κ3) is 5.14. The van der Waals surface area contributed by atoms with E-state index in [-0.39, 0.29) is 18.2 Å². The summed E-state index contributed by atoms with van der Waals surface area (Å²) in [6.07, 6.45) is 1.88. The first kappa shape index (κ1) is 17.0. The van der Waals surface area contributed by atoms with E-state index in [0.29, 0.717) is 0 Å². The quantitative estimate of drug-likeness (QED) is 0.768. The number of aliphatic hydroxyl groups is 1. The van der Waals surface area contributed by atoms with Gasteiger partial charge in [0.15, 0.2) is 0 Å². The fraction of sp³-hybridized carbons (Fsp3) is 0.647. The predicted molar refractivity (Wildman–Crippen MR) is 84.4 cm³/mol. The van der Waals surface area contributed by atoms with Gasteiger partial charge in [-0.3, -0.25) is 0 Å². The van der Waals surface area contributed by atoms with Crippen molar-refractivity contribution >= 4 is 0 Å². The van der Waals surface area contributed by atoms with Crippen molar-refractivity contribution in [2.24, 2.45) is 0 Å². The molecular weight excluding hydrogens is 250 g/mol. The van der Waals surface area contributed by atoms with E-state index in [1.54, 1.807) is 0 Å². The van der Waals surface area contributed by atoms with Gasteiger partial charge in [-0.2, -0.15) is 0 Å². The lowest BCUT2D eigenvalue weighted by Crippen LogP contribution is -2.48. The van der Waals surface area contributed by atoms with Crippen LogP contribution in [0.15, 0.2) is 18.2 Å². The van der Waals surface area contributed by atoms with E-state index in [9.17, 15) is 5.11 Å². The van der Waals surface area contributed by atoms with Crippen molar-refractivity contribution in [3.05, 3.63) is 29.3 Å². The first-order chi connectivity index (χ1) is 9.40. The molecule has 0 radical (unpaired) electrons. The largest absolute Gasteiger partial charge is 0.490 e. The highest BCUT2D eigenvalue weighted by Crippen LogP contribution is 2.23. The molecule has 0 amide bonds. The molecular formula is C17H29NO2. The highest BCUT2D eigenvalue weighted by molar-refractivity contribution is 5.36. The van der Waals surface area contributed by atoms with Gasteiger partial charge >= 0.3 is 0 Å². The molecule has 3 heteroatoms. The van der Waals surface area contributed by atoms with Crippen LogP contribution in [0.5, 0.6) is 5.75 Å². The molecule has 1 aromatic rings. The number of aryl methyl sites for hydroxylation is 2. The van der Waals surface area contributed by atoms with Crippen molar-refractivity contribution in [1.29, 1.82) is 0 Å². The standard InChI is InChI=1S/C17H29NO2/c1-6-9-18-17(5,12-19)11-15(4)20-16-10-13(2)7-8-14(16)3/h7-8,10,15,18-19H,6,9,11-12H2,1-5H3. The molecule has 2 unspecified atom stereocenters. The normalized spacial score (nSPS) is 15.7. The zero-order chi connectivity index (χ0) is 15.2. The maximum atomic E-state index is 9.61. The molecule has 0 saturated carbocycles. The van der Waals surface area contributed by atoms with Gasteiger partial charge in [0.1, 0.15) is 5.75 Å². The zero-order valence-electron chi connectivity index (χ0n) is 13.5. The van der Waals surface area contributed by atoms with Crippen LogP contribution in [-0.4, -0.2) is 29.9 Å². The first-order valence-electron chi connectivity index (χ1n) is 7.50. The minimum atomic E-state index is -0.285. The summed E-state index contributed by atoms with van der Waals surface area (Å²) in [6, 6.07) is 6.24. The van der Waals surface area contributed by atoms with Gasteiger partial charge in [-0.1, -0.05) is 19.1 Å². The minimum Gasteiger partial charge on any atom is -0.490 e. The molecule has 20 heavy (non-hydrogen) atoms. The molecule has 0 saturated heterocycles. The fourth-order valence-electron chi connectivity index (χ4n) is 2.35. The van der Waals surface area contributed by atoms with E-state index >= 15 is 0 Å². The van der Waals surface area contributed by atoms with Gasteiger partial charge in [0.05, 0.1) is 12.7 Å². The smallest absolute Gasteiger partial charge is 0.122 e. The summed E-state index contributed by atoms with van der Waals surface area (Å²) >= 11 is 0. The summed E-state index contributed by atoms with van der Waals surface area (Å²) in [5.74, 6) is 0.938. The number of rotatable bonds is 8. The van der Waals surface area contributed by atoms with E-state index in [1.165, 1.54) is 5.56 Å². The first-order valence-corrected chi connectivity index (χ1v) is 7.50. The molecule has 0 fully saturated rings. The molecule has 0 aliphatic rings. The number of nitrogens with one attached hydrogen (secondary N) is 1. The fourth-order valence-corrected chi connectivity index (χ4v) is 2.35. The Bertz CT molecular complexity index is 419. The Hall–Kier alpha value is -1.06. The molecule has 0 aliphatic carbocycles. The molecule has 0 spiro atoms. The number of hydrogen-bond acceptors (Lipinski definition) is 3. The second-order valence-electron chi connectivity index (χ2n) is 6.05. The third-order valence-electron chi connectivity index (χ3n) is 3.56. The summed E-state index contributed by atoms with van der Waals surface area (Å²) in [7, 11) is 0. The topological polar surface area (TPSA) is 41.5 Å². The van der Waals surface area contributed by atoms with Crippen molar-refractivity contribution in [1.82, 2.24) is 5.32 Å². The second-order valence-corrected chi connectivity index (χ2v) is 6.05. The molecule has 1 aromatic carbocycles. The van der Waals surface area contributed by atoms with E-state index in [2.05, 4.69) is 51.2 Å². The summed E-state index contributed by atoms with van der Waals surface area (Å²) in [5.41, 5.74) is 2.06. The molecule has 0 heterocycles. The summed E-state index contributed by atoms with van der Waals surface area (Å²) in [4.78, 5) is 0. The van der Waals surface area contributed by atoms with Gasteiger partial charge in [0.25, 0.3) is 0 Å². The van der Waals surface area contributed by atoms with Gasteiger partial charge in [-0.25, -0.2) is 0 Å². The lowest BCUT2D eigenvalue weighted by atomic mass is 9.95. The SMILES string of the molecule is CCCNC(C)(CO)CC(C)Oc1cc(C)ccc1C. The van der Waals surface area contributed by atoms with Crippen LogP contribution in [-0.2, 0) is 0 Å². The Morgan fingerprint density at radius 1 is 1.35 bits per heavy atom. The molecule has 3 nitrogen and oxygen atoms in total. The Morgan fingerprint density at radius 3 is 2.65 bits per heavy atom. The van der Waals surface area contributed by atoms with E-state index in [0.717, 1.165) is 30.7 Å². The Balaban J connectivity index is 2.65. The van der Waals surface area contributed by atoms with Crippen LogP contribution in [0.25, 0.3) is 0 Å². The summed E-state index contributed by atoms with van der Waals surface area (Å²) < 4.78 is 6.05. The lowest BCUT2D eigenvalue weighted by molar-refractivity contribution is 0.109. The lowest BCUT2D eigenvalue weighted by Gasteiger charge is -2.32. The maximum Gasteiger partial charge on any atom is 0.122 e. The molecule has 0 aromatic heterocycles. The highest BCUT2D eigenvalue weighted by Gasteiger charge is 2.26. The highest BCUT2D eigenvalue weighted by atomic mass is 16.5. The van der Waals surface area contributed by atoms with Crippen LogP contribution in [0.3, 0.4) is 0 Å². The predicted octanol–water partition coefficient (Wildman–Crippen LogP) is 3.21. The van der Waals surface area contributed by atoms with Crippen molar-refractivity contribution < 1.29 is 9.84 Å². The third-order valence-corrected chi connectivity index (χ3v) is 3.56. The number of hydrogen-bond donors (Lipinski definition) is 2. The van der Waals surface area contributed by atoms with Crippen molar-refractivity contribution in [3.63, 3.8) is 0 Å². The Kier molecular flexibility index (Phi) is 6.50. The Morgan fingerprint density at radius 2 is 2.05 bits per heavy atom. The van der Waals surface area contributed by atoms with Gasteiger partial charge in [-0.05, 0) is 57.9 Å². The van der Waals surface area contributed by atoms with Gasteiger partial charge in [-0.15, -0.1) is 0 Å². The van der Waals surface area contributed by atoms with Crippen LogP contribution >= 0.6 is 0 Å². The van der Waals surface area contributed by atoms with Crippen molar-refractivity contribution in [2.75, 3.05) is 13.2 Å². The Labute approximate surface area is 123 Å². The molecule has 114 valence electrons. The zero-order valence-corrected chi connectivity index (χ0v) is 13.5. The average molecular weight is 279 g/mol. The maximum absolute atomic E-state index is 9.61. The van der Waals surface area contributed by atoms with Gasteiger partial charge < -0.3 is 15.2 Å². The average Bonchev–Trinajstić information content (AvgIpc) is 2.40. The molecule has 1 rings (SSSR count). The van der Waals surface area contributed by atoms with Crippen LogP contribution in [0.1, 0.15) is 44.7 Å². The summed E-state index contributed by atoms with van der Waals surface area (Å²) in [5, 5.41) is 13.0. The number of ether oxygens (including phenoxy) is 1. The number of benzene rings is 1. The van der Waals surface area contributed by atoms with E-state index < -0.39 is 0 Å². The second kappa shape index (κ2) is 7.65. The number of aliphatic hydroxyl groups excluding tert-OH is 1. The van der Waals surface area contributed by atoms with E-state index in [1.807, 2.05) is 6.92 Å². The molecule has 0 bridgehead atoms. The van der Waals surface area contributed by atoms with Crippen LogP contribution in [0, 0.1) is 13.8 Å². The molecule has 0 aliphatic heterocycles. The molecule has 2 atom stereocenters.